The first-order chi connectivity index (χ1) is 7.58. The van der Waals surface area contributed by atoms with Crippen LogP contribution in [0.2, 0.25) is 0 Å². The van der Waals surface area contributed by atoms with E-state index in [1.54, 1.807) is 19.1 Å². The summed E-state index contributed by atoms with van der Waals surface area (Å²) >= 11 is 0. The van der Waals surface area contributed by atoms with Gasteiger partial charge in [0, 0.05) is 17.2 Å². The third kappa shape index (κ3) is 1.79. The molecule has 5 heteroatoms. The lowest BCUT2D eigenvalue weighted by atomic mass is 10.1. The second kappa shape index (κ2) is 3.77. The van der Waals surface area contributed by atoms with E-state index in [1.165, 1.54) is 0 Å². The summed E-state index contributed by atoms with van der Waals surface area (Å²) in [4.78, 5) is 10.4. The third-order valence-corrected chi connectivity index (χ3v) is 2.42. The summed E-state index contributed by atoms with van der Waals surface area (Å²) in [6, 6.07) is 7.00. The predicted molar refractivity (Wildman–Crippen MR) is 60.2 cm³/mol. The Balaban J connectivity index is 2.51. The number of hydrogen-bond acceptors (Lipinski definition) is 3. The van der Waals surface area contributed by atoms with Gasteiger partial charge in [-0.3, -0.25) is 15.2 Å². The van der Waals surface area contributed by atoms with E-state index in [-0.39, 0.29) is 10.6 Å². The monoisotopic (exact) mass is 217 g/mol. The number of hydrogen-bond donors (Lipinski definition) is 1. The molecular weight excluding hydrogens is 206 g/mol. The van der Waals surface area contributed by atoms with Gasteiger partial charge in [-0.25, -0.2) is 0 Å². The first kappa shape index (κ1) is 10.4. The van der Waals surface area contributed by atoms with Gasteiger partial charge in [0.25, 0.3) is 5.69 Å². The lowest BCUT2D eigenvalue weighted by Gasteiger charge is -2.00. The van der Waals surface area contributed by atoms with Crippen LogP contribution in [-0.4, -0.2) is 15.1 Å². The highest BCUT2D eigenvalue weighted by molar-refractivity contribution is 5.64. The zero-order chi connectivity index (χ0) is 11.7. The molecule has 0 radical (unpaired) electrons. The SMILES string of the molecule is Cc1cc(-c2ccc(C)c([N+](=O)[O-])c2)[nH]n1. The molecule has 0 amide bonds. The number of aromatic amines is 1. The number of aryl methyl sites for hydroxylation is 2. The van der Waals surface area contributed by atoms with E-state index in [0.29, 0.717) is 5.56 Å². The highest BCUT2D eigenvalue weighted by atomic mass is 16.6. The van der Waals surface area contributed by atoms with Gasteiger partial charge in [-0.15, -0.1) is 0 Å². The third-order valence-electron chi connectivity index (χ3n) is 2.42. The average molecular weight is 217 g/mol. The molecule has 0 saturated heterocycles. The van der Waals surface area contributed by atoms with Crippen LogP contribution in [0.15, 0.2) is 24.3 Å². The molecule has 5 nitrogen and oxygen atoms in total. The second-order valence-corrected chi connectivity index (χ2v) is 3.68. The molecule has 1 aromatic heterocycles. The van der Waals surface area contributed by atoms with Crippen LogP contribution in [0.4, 0.5) is 5.69 Å². The molecule has 2 aromatic rings. The fourth-order valence-electron chi connectivity index (χ4n) is 1.54. The fraction of sp³-hybridized carbons (Fsp3) is 0.182. The molecule has 1 aromatic carbocycles. The number of nitrogens with one attached hydrogen (secondary N) is 1. The van der Waals surface area contributed by atoms with Crippen LogP contribution in [0.3, 0.4) is 0 Å². The predicted octanol–water partition coefficient (Wildman–Crippen LogP) is 2.60. The Morgan fingerprint density at radius 1 is 1.31 bits per heavy atom. The van der Waals surface area contributed by atoms with Gasteiger partial charge in [-0.2, -0.15) is 5.10 Å². The molecule has 0 aliphatic rings. The summed E-state index contributed by atoms with van der Waals surface area (Å²) in [5.74, 6) is 0. The van der Waals surface area contributed by atoms with Gasteiger partial charge in [0.05, 0.1) is 16.3 Å². The molecule has 2 rings (SSSR count). The van der Waals surface area contributed by atoms with Crippen molar-refractivity contribution in [2.75, 3.05) is 0 Å². The highest BCUT2D eigenvalue weighted by Gasteiger charge is 2.12. The Kier molecular flexibility index (Phi) is 2.44. The molecule has 0 spiro atoms. The first-order valence-corrected chi connectivity index (χ1v) is 4.85. The zero-order valence-corrected chi connectivity index (χ0v) is 9.02. The number of H-pyrrole nitrogens is 1. The maximum absolute atomic E-state index is 10.8. The van der Waals surface area contributed by atoms with E-state index < -0.39 is 0 Å². The van der Waals surface area contributed by atoms with Gasteiger partial charge in [-0.1, -0.05) is 12.1 Å². The Morgan fingerprint density at radius 2 is 2.06 bits per heavy atom. The van der Waals surface area contributed by atoms with Gasteiger partial charge >= 0.3 is 0 Å². The van der Waals surface area contributed by atoms with Crippen LogP contribution in [0, 0.1) is 24.0 Å². The molecule has 1 N–H and O–H groups in total. The van der Waals surface area contributed by atoms with Crippen molar-refractivity contribution in [2.24, 2.45) is 0 Å². The standard InChI is InChI=1S/C11H11N3O2/c1-7-3-4-9(6-11(7)14(15)16)10-5-8(2)12-13-10/h3-6H,1-2H3,(H,12,13). The van der Waals surface area contributed by atoms with Crippen LogP contribution >= 0.6 is 0 Å². The average Bonchev–Trinajstić information content (AvgIpc) is 2.65. The molecule has 0 bridgehead atoms. The van der Waals surface area contributed by atoms with Crippen molar-refractivity contribution in [1.82, 2.24) is 10.2 Å². The summed E-state index contributed by atoms with van der Waals surface area (Å²) in [7, 11) is 0. The molecule has 0 atom stereocenters. The number of nitro groups is 1. The van der Waals surface area contributed by atoms with E-state index in [4.69, 9.17) is 0 Å². The normalized spacial score (nSPS) is 10.4. The molecule has 0 saturated carbocycles. The minimum atomic E-state index is -0.373. The lowest BCUT2D eigenvalue weighted by Crippen LogP contribution is -1.92. The van der Waals surface area contributed by atoms with Crippen LogP contribution in [0.25, 0.3) is 11.3 Å². The summed E-state index contributed by atoms with van der Waals surface area (Å²) in [5, 5.41) is 17.6. The van der Waals surface area contributed by atoms with Crippen LogP contribution < -0.4 is 0 Å². The Morgan fingerprint density at radius 3 is 2.62 bits per heavy atom. The van der Waals surface area contributed by atoms with E-state index in [9.17, 15) is 10.1 Å². The van der Waals surface area contributed by atoms with E-state index in [0.717, 1.165) is 17.0 Å². The van der Waals surface area contributed by atoms with Gasteiger partial charge < -0.3 is 0 Å². The largest absolute Gasteiger partial charge is 0.278 e. The molecule has 1 heterocycles. The van der Waals surface area contributed by atoms with Crippen molar-refractivity contribution < 1.29 is 4.92 Å². The first-order valence-electron chi connectivity index (χ1n) is 4.85. The Hall–Kier alpha value is -2.17. The van der Waals surface area contributed by atoms with Crippen molar-refractivity contribution in [3.63, 3.8) is 0 Å². The molecule has 0 aliphatic heterocycles. The Labute approximate surface area is 92.3 Å². The maximum Gasteiger partial charge on any atom is 0.272 e. The van der Waals surface area contributed by atoms with Gasteiger partial charge in [0.15, 0.2) is 0 Å². The van der Waals surface area contributed by atoms with Gasteiger partial charge in [-0.05, 0) is 19.9 Å². The van der Waals surface area contributed by atoms with E-state index >= 15 is 0 Å². The summed E-state index contributed by atoms with van der Waals surface area (Å²) < 4.78 is 0. The molecule has 0 fully saturated rings. The smallest absolute Gasteiger partial charge is 0.272 e. The second-order valence-electron chi connectivity index (χ2n) is 3.68. The Bertz CT molecular complexity index is 546. The van der Waals surface area contributed by atoms with Crippen molar-refractivity contribution in [3.8, 4) is 11.3 Å². The fourth-order valence-corrected chi connectivity index (χ4v) is 1.54. The minimum Gasteiger partial charge on any atom is -0.278 e. The summed E-state index contributed by atoms with van der Waals surface area (Å²) in [6.07, 6.45) is 0. The van der Waals surface area contributed by atoms with E-state index in [2.05, 4.69) is 10.2 Å². The highest BCUT2D eigenvalue weighted by Crippen LogP contribution is 2.25. The maximum atomic E-state index is 10.8. The molecule has 0 unspecified atom stereocenters. The zero-order valence-electron chi connectivity index (χ0n) is 9.02. The number of nitrogens with zero attached hydrogens (tertiary/aromatic N) is 2. The number of benzene rings is 1. The number of rotatable bonds is 2. The lowest BCUT2D eigenvalue weighted by molar-refractivity contribution is -0.385. The minimum absolute atomic E-state index is 0.129. The molecule has 82 valence electrons. The summed E-state index contributed by atoms with van der Waals surface area (Å²) in [6.45, 7) is 3.59. The van der Waals surface area contributed by atoms with Crippen molar-refractivity contribution in [3.05, 3.63) is 45.6 Å². The van der Waals surface area contributed by atoms with Crippen LogP contribution in [-0.2, 0) is 0 Å². The van der Waals surface area contributed by atoms with Gasteiger partial charge in [0.1, 0.15) is 0 Å². The molecule has 16 heavy (non-hydrogen) atoms. The van der Waals surface area contributed by atoms with Crippen molar-refractivity contribution in [1.29, 1.82) is 0 Å². The van der Waals surface area contributed by atoms with Crippen LogP contribution in [0.5, 0.6) is 0 Å². The summed E-state index contributed by atoms with van der Waals surface area (Å²) in [5.41, 5.74) is 3.21. The van der Waals surface area contributed by atoms with Crippen molar-refractivity contribution >= 4 is 5.69 Å². The number of aromatic nitrogens is 2. The van der Waals surface area contributed by atoms with Crippen molar-refractivity contribution in [2.45, 2.75) is 13.8 Å². The molecule has 0 aliphatic carbocycles. The number of nitro benzene ring substituents is 1. The van der Waals surface area contributed by atoms with Crippen LogP contribution in [0.1, 0.15) is 11.3 Å². The van der Waals surface area contributed by atoms with Gasteiger partial charge in [0.2, 0.25) is 0 Å². The quantitative estimate of drug-likeness (QED) is 0.620. The molecular formula is C11H11N3O2. The van der Waals surface area contributed by atoms with E-state index in [1.807, 2.05) is 19.1 Å². The topological polar surface area (TPSA) is 71.8 Å².